The molecular weight excluding hydrogens is 759 g/mol. The number of Topliss-reactive ketones (excluding diaryl/α,β-unsaturated/α-hetero) is 2. The molecule has 0 saturated heterocycles. The lowest BCUT2D eigenvalue weighted by molar-refractivity contribution is -0.135. The molecule has 0 spiro atoms. The van der Waals surface area contributed by atoms with Gasteiger partial charge in [0.25, 0.3) is 0 Å². The SMILES string of the molecule is O=C1CCc2cc(OC3CCCC3)c(O)c(c2)C(O)c2cccc(c2)Cc2cc[nH]c2[N-]CC2=Cc3[n-]ccc3C(CC(O)CCc3cccc(O)c3)C2C(=O)C1CCO. The van der Waals surface area contributed by atoms with Crippen LogP contribution in [0.2, 0.25) is 0 Å². The Morgan fingerprint density at radius 1 is 0.917 bits per heavy atom. The Hall–Kier alpha value is -5.62. The number of aliphatic hydroxyl groups excluding tert-OH is 3. The third-order valence-corrected chi connectivity index (χ3v) is 12.6. The highest BCUT2D eigenvalue weighted by molar-refractivity contribution is 6.05. The lowest BCUT2D eigenvalue weighted by Crippen LogP contribution is -2.38. The Bertz CT molecular complexity index is 2340. The molecular formula is C49H53N3O8-2. The Balaban J connectivity index is 1.17. The Morgan fingerprint density at radius 2 is 1.75 bits per heavy atom. The largest absolute Gasteiger partial charge is 0.664 e. The first-order valence-corrected chi connectivity index (χ1v) is 21.2. The molecule has 2 aliphatic carbocycles. The maximum atomic E-state index is 15.1. The minimum Gasteiger partial charge on any atom is -0.664 e. The summed E-state index contributed by atoms with van der Waals surface area (Å²) in [4.78, 5) is 37.4. The van der Waals surface area contributed by atoms with Gasteiger partial charge in [0, 0.05) is 24.5 Å². The first-order chi connectivity index (χ1) is 29.1. The number of aromatic nitrogens is 2. The van der Waals surface area contributed by atoms with Crippen molar-refractivity contribution in [3.8, 4) is 17.2 Å². The van der Waals surface area contributed by atoms with Crippen LogP contribution in [0.4, 0.5) is 5.82 Å². The van der Waals surface area contributed by atoms with Gasteiger partial charge in [-0.05, 0) is 129 Å². The van der Waals surface area contributed by atoms with E-state index in [0.717, 1.165) is 47.9 Å². The quantitative estimate of drug-likeness (QED) is 0.0813. The van der Waals surface area contributed by atoms with E-state index in [1.807, 2.05) is 54.7 Å². The average molecular weight is 812 g/mol. The van der Waals surface area contributed by atoms with E-state index in [4.69, 9.17) is 10.1 Å². The number of nitrogens with one attached hydrogen (secondary N) is 1. The molecule has 5 unspecified atom stereocenters. The van der Waals surface area contributed by atoms with Gasteiger partial charge >= 0.3 is 0 Å². The molecule has 3 heterocycles. The molecule has 6 N–H and O–H groups in total. The number of carbonyl (C=O) groups is 2. The lowest BCUT2D eigenvalue weighted by Gasteiger charge is -2.38. The van der Waals surface area contributed by atoms with Gasteiger partial charge < -0.3 is 45.6 Å². The van der Waals surface area contributed by atoms with Crippen molar-refractivity contribution in [2.75, 3.05) is 13.2 Å². The number of fused-ring (bicyclic) bond motifs is 7. The van der Waals surface area contributed by atoms with Gasteiger partial charge in [-0.2, -0.15) is 6.20 Å². The highest BCUT2D eigenvalue weighted by atomic mass is 16.5. The number of ketones is 2. The van der Waals surface area contributed by atoms with Crippen LogP contribution in [0.15, 0.2) is 90.8 Å². The van der Waals surface area contributed by atoms with Gasteiger partial charge in [0.15, 0.2) is 17.3 Å². The standard InChI is InChI=1S/C49H53N3O8/c53-20-17-39-43(56)14-12-31-24-41(47(58)44(25-31)60-37-9-1-2-10-37)46(57)32-7-3-6-30(21-32)22-33-15-18-51-49(33)52-28-34-26-42-38(16-19-50-42)40(45(34)48(39)59)27-36(55)13-11-29-5-4-8-35(54)23-29/h3-8,15-16,18-19,21,23-26,36-37,39-40,45-46,51,53-55,57-58H,1-2,9-14,17,20,22,27-28H2/q-2. The number of phenolic OH excluding ortho intramolecular Hbond substituents is 2. The number of aromatic amines is 1. The number of rotatable bonds is 9. The smallest absolute Gasteiger partial charge is 0.163 e. The van der Waals surface area contributed by atoms with Crippen molar-refractivity contribution in [1.82, 2.24) is 9.97 Å². The number of carbonyl (C=O) groups excluding carboxylic acids is 2. The summed E-state index contributed by atoms with van der Waals surface area (Å²) in [6.45, 7) is -0.252. The number of phenols is 2. The molecule has 1 aliphatic heterocycles. The molecule has 0 amide bonds. The summed E-state index contributed by atoms with van der Waals surface area (Å²) in [5, 5.41) is 60.3. The number of hydrogen-bond donors (Lipinski definition) is 6. The van der Waals surface area contributed by atoms with Crippen LogP contribution < -0.4 is 9.72 Å². The second kappa shape index (κ2) is 18.3. The van der Waals surface area contributed by atoms with Gasteiger partial charge in [0.05, 0.1) is 18.1 Å². The van der Waals surface area contributed by atoms with Crippen LogP contribution in [0.5, 0.6) is 17.2 Å². The summed E-state index contributed by atoms with van der Waals surface area (Å²) in [7, 11) is 0. The third kappa shape index (κ3) is 9.08. The maximum Gasteiger partial charge on any atom is 0.163 e. The van der Waals surface area contributed by atoms with Gasteiger partial charge in [-0.3, -0.25) is 9.59 Å². The van der Waals surface area contributed by atoms with Crippen molar-refractivity contribution in [1.29, 1.82) is 0 Å². The van der Waals surface area contributed by atoms with Gasteiger partial charge in [-0.1, -0.05) is 77.8 Å². The molecule has 5 aromatic rings. The normalized spacial score (nSPS) is 21.7. The second-order valence-corrected chi connectivity index (χ2v) is 16.7. The highest BCUT2D eigenvalue weighted by Gasteiger charge is 2.41. The summed E-state index contributed by atoms with van der Waals surface area (Å²) in [5.41, 5.74) is 6.41. The zero-order valence-corrected chi connectivity index (χ0v) is 33.7. The average Bonchev–Trinajstić information content (AvgIpc) is 4.04. The maximum absolute atomic E-state index is 15.1. The predicted octanol–water partition coefficient (Wildman–Crippen LogP) is 7.65. The van der Waals surface area contributed by atoms with E-state index in [1.165, 1.54) is 0 Å². The topological polar surface area (TPSA) is 189 Å². The van der Waals surface area contributed by atoms with E-state index < -0.39 is 30.0 Å². The molecule has 3 aromatic carbocycles. The fraction of sp³-hybridized carbons (Fsp3) is 0.388. The number of benzene rings is 3. The molecule has 0 radical (unpaired) electrons. The fourth-order valence-corrected chi connectivity index (χ4v) is 9.43. The van der Waals surface area contributed by atoms with Crippen LogP contribution in [0, 0.1) is 11.8 Å². The second-order valence-electron chi connectivity index (χ2n) is 16.7. The van der Waals surface area contributed by atoms with Crippen LogP contribution >= 0.6 is 0 Å². The molecule has 3 aliphatic rings. The summed E-state index contributed by atoms with van der Waals surface area (Å²) in [6, 6.07) is 21.8. The van der Waals surface area contributed by atoms with Gasteiger partial charge in [0.2, 0.25) is 0 Å². The van der Waals surface area contributed by atoms with E-state index in [9.17, 15) is 30.3 Å². The Morgan fingerprint density at radius 3 is 2.57 bits per heavy atom. The Labute approximate surface area is 350 Å². The predicted molar refractivity (Wildman–Crippen MR) is 228 cm³/mol. The monoisotopic (exact) mass is 811 g/mol. The van der Waals surface area contributed by atoms with E-state index >= 15 is 4.79 Å². The van der Waals surface area contributed by atoms with E-state index in [0.29, 0.717) is 47.5 Å². The Kier molecular flexibility index (Phi) is 12.6. The number of aryl methyl sites for hydroxylation is 2. The highest BCUT2D eigenvalue weighted by Crippen LogP contribution is 2.45. The first kappa shape index (κ1) is 41.1. The molecule has 8 rings (SSSR count). The van der Waals surface area contributed by atoms with Gasteiger partial charge in [-0.25, -0.2) is 0 Å². The number of aliphatic hydroxyl groups is 3. The van der Waals surface area contributed by atoms with Crippen molar-refractivity contribution in [3.05, 3.63) is 141 Å². The number of aromatic hydroxyl groups is 2. The lowest BCUT2D eigenvalue weighted by atomic mass is 9.68. The third-order valence-electron chi connectivity index (χ3n) is 12.6. The van der Waals surface area contributed by atoms with Crippen LogP contribution in [0.3, 0.4) is 0 Å². The molecule has 1 fully saturated rings. The molecule has 11 nitrogen and oxygen atoms in total. The minimum absolute atomic E-state index is 0.0303. The number of ether oxygens (including phenoxy) is 1. The molecule has 11 heteroatoms. The fourth-order valence-electron chi connectivity index (χ4n) is 9.43. The van der Waals surface area contributed by atoms with E-state index in [-0.39, 0.29) is 79.3 Å². The van der Waals surface area contributed by atoms with Crippen molar-refractivity contribution < 1.29 is 39.9 Å². The molecule has 1 saturated carbocycles. The number of nitrogens with zero attached hydrogens (tertiary/aromatic N) is 2. The molecule has 2 aromatic heterocycles. The van der Waals surface area contributed by atoms with Crippen LogP contribution in [0.25, 0.3) is 11.4 Å². The zero-order chi connectivity index (χ0) is 41.8. The molecule has 5 atom stereocenters. The summed E-state index contributed by atoms with van der Waals surface area (Å²) in [6.07, 6.45) is 8.79. The first-order valence-electron chi connectivity index (χ1n) is 21.2. The molecule has 314 valence electrons. The molecule has 60 heavy (non-hydrogen) atoms. The zero-order valence-electron chi connectivity index (χ0n) is 33.7. The summed E-state index contributed by atoms with van der Waals surface area (Å²) < 4.78 is 6.33. The summed E-state index contributed by atoms with van der Waals surface area (Å²) in [5.74, 6) is -2.27. The van der Waals surface area contributed by atoms with E-state index in [2.05, 4.69) is 9.97 Å². The summed E-state index contributed by atoms with van der Waals surface area (Å²) >= 11 is 0. The van der Waals surface area contributed by atoms with E-state index in [1.54, 1.807) is 36.5 Å². The van der Waals surface area contributed by atoms with Crippen molar-refractivity contribution in [2.45, 2.75) is 94.9 Å². The van der Waals surface area contributed by atoms with Crippen molar-refractivity contribution in [3.63, 3.8) is 0 Å². The number of hydrogen-bond acceptors (Lipinski definition) is 8. The number of H-pyrrole nitrogens is 1. The molecule has 4 bridgehead atoms. The van der Waals surface area contributed by atoms with Crippen molar-refractivity contribution in [2.24, 2.45) is 11.8 Å². The van der Waals surface area contributed by atoms with Gasteiger partial charge in [0.1, 0.15) is 17.6 Å². The van der Waals surface area contributed by atoms with Crippen LogP contribution in [-0.2, 0) is 28.9 Å². The minimum atomic E-state index is -1.19. The van der Waals surface area contributed by atoms with Crippen molar-refractivity contribution >= 4 is 23.5 Å². The van der Waals surface area contributed by atoms with Gasteiger partial charge in [-0.15, -0.1) is 5.69 Å². The van der Waals surface area contributed by atoms with Crippen LogP contribution in [0.1, 0.15) is 108 Å². The van der Waals surface area contributed by atoms with Crippen LogP contribution in [-0.4, -0.2) is 67.4 Å².